The summed E-state index contributed by atoms with van der Waals surface area (Å²) in [4.78, 5) is 26.7. The van der Waals surface area contributed by atoms with Crippen LogP contribution >= 0.6 is 11.6 Å². The van der Waals surface area contributed by atoms with Gasteiger partial charge >= 0.3 is 5.69 Å². The highest BCUT2D eigenvalue weighted by Crippen LogP contribution is 2.27. The van der Waals surface area contributed by atoms with E-state index in [9.17, 15) is 14.9 Å². The van der Waals surface area contributed by atoms with E-state index in [-0.39, 0.29) is 10.7 Å². The van der Waals surface area contributed by atoms with E-state index in [1.54, 1.807) is 0 Å². The first-order valence-corrected chi connectivity index (χ1v) is 4.29. The number of nitro groups is 1. The molecule has 0 aliphatic carbocycles. The van der Waals surface area contributed by atoms with Gasteiger partial charge in [0.15, 0.2) is 0 Å². The Hall–Kier alpha value is -1.95. The van der Waals surface area contributed by atoms with Gasteiger partial charge in [-0.25, -0.2) is 9.78 Å². The number of hydrogen-bond donors (Lipinski definition) is 1. The molecule has 0 unspecified atom stereocenters. The average molecular weight is 226 g/mol. The molecule has 1 N–H and O–H groups in total. The summed E-state index contributed by atoms with van der Waals surface area (Å²) >= 11 is 5.67. The zero-order valence-corrected chi connectivity index (χ0v) is 7.99. The van der Waals surface area contributed by atoms with Gasteiger partial charge in [-0.2, -0.15) is 0 Å². The molecule has 0 atom stereocenters. The number of rotatable bonds is 1. The van der Waals surface area contributed by atoms with Crippen molar-refractivity contribution in [2.45, 2.75) is 0 Å². The lowest BCUT2D eigenvalue weighted by Gasteiger charge is -1.98. The van der Waals surface area contributed by atoms with Gasteiger partial charge in [0.2, 0.25) is 0 Å². The van der Waals surface area contributed by atoms with Crippen molar-refractivity contribution in [2.24, 2.45) is 0 Å². The summed E-state index contributed by atoms with van der Waals surface area (Å²) in [5.41, 5.74) is -0.309. The summed E-state index contributed by atoms with van der Waals surface area (Å²) < 4.78 is 0. The largest absolute Gasteiger partial charge is 0.345 e. The third-order valence-electron chi connectivity index (χ3n) is 1.88. The molecule has 6 nitrogen and oxygen atoms in total. The summed E-state index contributed by atoms with van der Waals surface area (Å²) in [6, 6.07) is 2.60. The Morgan fingerprint density at radius 3 is 2.87 bits per heavy atom. The number of nitrogens with one attached hydrogen (secondary N) is 1. The number of nitro benzene ring substituents is 1. The van der Waals surface area contributed by atoms with Crippen LogP contribution in [0.5, 0.6) is 0 Å². The summed E-state index contributed by atoms with van der Waals surface area (Å²) in [5.74, 6) is 0. The average Bonchev–Trinajstić information content (AvgIpc) is 2.15. The second-order valence-electron chi connectivity index (χ2n) is 2.84. The fourth-order valence-corrected chi connectivity index (χ4v) is 1.44. The van der Waals surface area contributed by atoms with Crippen LogP contribution in [0, 0.1) is 10.1 Å². The molecule has 2 aromatic rings. The van der Waals surface area contributed by atoms with Crippen LogP contribution < -0.4 is 5.69 Å². The predicted molar refractivity (Wildman–Crippen MR) is 54.0 cm³/mol. The monoisotopic (exact) mass is 225 g/mol. The van der Waals surface area contributed by atoms with Crippen molar-refractivity contribution in [3.05, 3.63) is 44.0 Å². The van der Waals surface area contributed by atoms with Gasteiger partial charge in [-0.3, -0.25) is 10.1 Å². The molecule has 15 heavy (non-hydrogen) atoms. The van der Waals surface area contributed by atoms with Gasteiger partial charge < -0.3 is 4.98 Å². The van der Waals surface area contributed by atoms with Crippen molar-refractivity contribution in [1.82, 2.24) is 9.97 Å². The first-order valence-electron chi connectivity index (χ1n) is 3.91. The van der Waals surface area contributed by atoms with Crippen molar-refractivity contribution in [3.8, 4) is 0 Å². The summed E-state index contributed by atoms with van der Waals surface area (Å²) in [7, 11) is 0. The van der Waals surface area contributed by atoms with Gasteiger partial charge in [-0.15, -0.1) is 0 Å². The van der Waals surface area contributed by atoms with Gasteiger partial charge in [0.1, 0.15) is 5.02 Å². The van der Waals surface area contributed by atoms with E-state index >= 15 is 0 Å². The molecule has 7 heteroatoms. The lowest BCUT2D eigenvalue weighted by molar-refractivity contribution is -0.384. The van der Waals surface area contributed by atoms with Crippen molar-refractivity contribution < 1.29 is 4.92 Å². The van der Waals surface area contributed by atoms with E-state index in [1.807, 2.05) is 0 Å². The highest BCUT2D eigenvalue weighted by molar-refractivity contribution is 6.33. The Balaban J connectivity index is 2.82. The molecule has 0 radical (unpaired) electrons. The molecule has 0 fully saturated rings. The molecule has 0 spiro atoms. The number of benzene rings is 1. The lowest BCUT2D eigenvalue weighted by atomic mass is 10.2. The van der Waals surface area contributed by atoms with Crippen LogP contribution in [0.1, 0.15) is 0 Å². The molecule has 0 saturated heterocycles. The van der Waals surface area contributed by atoms with Gasteiger partial charge in [-0.1, -0.05) is 11.6 Å². The molecule has 0 bridgehead atoms. The molecule has 76 valence electrons. The highest BCUT2D eigenvalue weighted by Gasteiger charge is 2.13. The number of halogens is 1. The highest BCUT2D eigenvalue weighted by atomic mass is 35.5. The van der Waals surface area contributed by atoms with Crippen molar-refractivity contribution in [3.63, 3.8) is 0 Å². The van der Waals surface area contributed by atoms with E-state index in [4.69, 9.17) is 11.6 Å². The van der Waals surface area contributed by atoms with E-state index in [1.165, 1.54) is 18.3 Å². The fourth-order valence-electron chi connectivity index (χ4n) is 1.21. The van der Waals surface area contributed by atoms with Crippen molar-refractivity contribution in [1.29, 1.82) is 0 Å². The summed E-state index contributed by atoms with van der Waals surface area (Å²) in [6.07, 6.45) is 1.26. The first kappa shape index (κ1) is 9.60. The molecule has 1 aromatic carbocycles. The number of hydrogen-bond acceptors (Lipinski definition) is 4. The standard InChI is InChI=1S/C8H4ClN3O3/c9-5-2-6-4(1-7(5)12(14)15)3-10-8(13)11-6/h1-3H,(H,10,11,13). The first-order chi connectivity index (χ1) is 7.08. The normalized spacial score (nSPS) is 10.5. The maximum atomic E-state index is 10.9. The zero-order valence-electron chi connectivity index (χ0n) is 7.23. The van der Waals surface area contributed by atoms with E-state index in [0.29, 0.717) is 10.9 Å². The topological polar surface area (TPSA) is 88.9 Å². The minimum absolute atomic E-state index is 0.0191. The van der Waals surface area contributed by atoms with Crippen LogP contribution in [0.3, 0.4) is 0 Å². The predicted octanol–water partition coefficient (Wildman–Crippen LogP) is 1.48. The molecule has 0 saturated carbocycles. The van der Waals surface area contributed by atoms with Crippen LogP contribution in [0.4, 0.5) is 5.69 Å². The van der Waals surface area contributed by atoms with Crippen molar-refractivity contribution in [2.75, 3.05) is 0 Å². The number of H-pyrrole nitrogens is 1. The lowest BCUT2D eigenvalue weighted by Crippen LogP contribution is -2.08. The Morgan fingerprint density at radius 1 is 1.47 bits per heavy atom. The van der Waals surface area contributed by atoms with Crippen LogP contribution in [0.2, 0.25) is 5.02 Å². The van der Waals surface area contributed by atoms with Gasteiger partial charge in [0.25, 0.3) is 5.69 Å². The zero-order chi connectivity index (χ0) is 11.0. The fraction of sp³-hybridized carbons (Fsp3) is 0. The second-order valence-corrected chi connectivity index (χ2v) is 3.24. The third-order valence-corrected chi connectivity index (χ3v) is 2.18. The van der Waals surface area contributed by atoms with Gasteiger partial charge in [0.05, 0.1) is 10.4 Å². The third kappa shape index (κ3) is 1.66. The number of aromatic amines is 1. The molecule has 0 amide bonds. The number of fused-ring (bicyclic) bond motifs is 1. The van der Waals surface area contributed by atoms with Crippen LogP contribution in [-0.2, 0) is 0 Å². The Bertz CT molecular complexity index is 608. The van der Waals surface area contributed by atoms with Crippen LogP contribution in [0.15, 0.2) is 23.1 Å². The van der Waals surface area contributed by atoms with Crippen LogP contribution in [-0.4, -0.2) is 14.9 Å². The summed E-state index contributed by atoms with van der Waals surface area (Å²) in [5, 5.41) is 11.0. The quantitative estimate of drug-likeness (QED) is 0.588. The Kier molecular flexibility index (Phi) is 2.12. The Labute approximate surface area is 87.7 Å². The minimum Gasteiger partial charge on any atom is -0.305 e. The van der Waals surface area contributed by atoms with Gasteiger partial charge in [0, 0.05) is 17.6 Å². The maximum absolute atomic E-state index is 10.9. The Morgan fingerprint density at radius 2 is 2.20 bits per heavy atom. The molecule has 0 aliphatic heterocycles. The summed E-state index contributed by atoms with van der Waals surface area (Å²) in [6.45, 7) is 0. The second kappa shape index (κ2) is 3.32. The molecular weight excluding hydrogens is 222 g/mol. The molecule has 2 rings (SSSR count). The molecule has 1 aromatic heterocycles. The molecular formula is C8H4ClN3O3. The minimum atomic E-state index is -0.590. The maximum Gasteiger partial charge on any atom is 0.345 e. The smallest absolute Gasteiger partial charge is 0.305 e. The van der Waals surface area contributed by atoms with Crippen LogP contribution in [0.25, 0.3) is 10.9 Å². The SMILES string of the molecule is O=c1ncc2cc([N+](=O)[O-])c(Cl)cc2[nH]1. The van der Waals surface area contributed by atoms with E-state index in [0.717, 1.165) is 0 Å². The number of nitrogens with zero attached hydrogens (tertiary/aromatic N) is 2. The molecule has 0 aliphatic rings. The van der Waals surface area contributed by atoms with Gasteiger partial charge in [-0.05, 0) is 6.07 Å². The van der Waals surface area contributed by atoms with Crippen molar-refractivity contribution >= 4 is 28.2 Å². The van der Waals surface area contributed by atoms with E-state index < -0.39 is 10.6 Å². The molecule has 1 heterocycles. The number of aromatic nitrogens is 2. The van der Waals surface area contributed by atoms with E-state index in [2.05, 4.69) is 9.97 Å².